The van der Waals surface area contributed by atoms with E-state index in [0.29, 0.717) is 27.8 Å². The Morgan fingerprint density at radius 2 is 1.61 bits per heavy atom. The van der Waals surface area contributed by atoms with Crippen LogP contribution in [0.1, 0.15) is 68.9 Å². The second-order valence-electron chi connectivity index (χ2n) is 11.7. The Labute approximate surface area is 230 Å². The van der Waals surface area contributed by atoms with E-state index in [1.807, 2.05) is 0 Å². The lowest BCUT2D eigenvalue weighted by atomic mass is 9.87. The van der Waals surface area contributed by atoms with Gasteiger partial charge in [0.2, 0.25) is 15.9 Å². The van der Waals surface area contributed by atoms with Gasteiger partial charge in [-0.3, -0.25) is 4.79 Å². The number of nitrogens with zero attached hydrogens (tertiary/aromatic N) is 3. The van der Waals surface area contributed by atoms with E-state index >= 15 is 0 Å². The molecule has 1 saturated carbocycles. The number of benzene rings is 1. The van der Waals surface area contributed by atoms with Gasteiger partial charge in [-0.1, -0.05) is 0 Å². The molecule has 0 unspecified atom stereocenters. The number of likely N-dealkylation sites (tertiary alicyclic amines) is 2. The van der Waals surface area contributed by atoms with E-state index in [1.54, 1.807) is 40.1 Å². The maximum absolute atomic E-state index is 13.2. The lowest BCUT2D eigenvalue weighted by Gasteiger charge is -2.41. The monoisotopic (exact) mass is 548 g/mol. The molecule has 3 aliphatic rings. The van der Waals surface area contributed by atoms with Crippen LogP contribution >= 0.6 is 0 Å². The molecule has 1 amide bonds. The average Bonchev–Trinajstić information content (AvgIpc) is 3.40. The van der Waals surface area contributed by atoms with E-state index in [1.165, 1.54) is 62.7 Å². The number of rotatable bonds is 10. The topological polar surface area (TPSA) is 82.2 Å². The van der Waals surface area contributed by atoms with E-state index in [-0.39, 0.29) is 24.9 Å². The minimum absolute atomic E-state index is 0.0681. The molecule has 1 aromatic rings. The minimum atomic E-state index is -3.70. The molecule has 2 heterocycles. The van der Waals surface area contributed by atoms with E-state index in [4.69, 9.17) is 4.74 Å². The third-order valence-corrected chi connectivity index (χ3v) is 11.1. The maximum Gasteiger partial charge on any atom is 0.243 e. The van der Waals surface area contributed by atoms with Crippen LogP contribution in [0.15, 0.2) is 17.0 Å². The molecule has 2 aliphatic heterocycles. The molecule has 4 rings (SSSR count). The highest BCUT2D eigenvalue weighted by Gasteiger charge is 2.31. The number of amides is 1. The second-order valence-corrected chi connectivity index (χ2v) is 13.7. The van der Waals surface area contributed by atoms with Gasteiger partial charge in [0, 0.05) is 38.6 Å². The van der Waals surface area contributed by atoms with E-state index in [0.717, 1.165) is 31.6 Å². The van der Waals surface area contributed by atoms with Crippen LogP contribution in [0.3, 0.4) is 0 Å². The van der Waals surface area contributed by atoms with Gasteiger partial charge in [0.25, 0.3) is 0 Å². The highest BCUT2D eigenvalue weighted by molar-refractivity contribution is 7.89. The lowest BCUT2D eigenvalue weighted by Crippen LogP contribution is -2.47. The number of aryl methyl sites for hydroxylation is 2. The van der Waals surface area contributed by atoms with Crippen molar-refractivity contribution in [3.05, 3.63) is 23.3 Å². The van der Waals surface area contributed by atoms with Gasteiger partial charge in [-0.05, 0) is 121 Å². The van der Waals surface area contributed by atoms with Crippen molar-refractivity contribution in [1.29, 1.82) is 0 Å². The van der Waals surface area contributed by atoms with Gasteiger partial charge >= 0.3 is 0 Å². The van der Waals surface area contributed by atoms with E-state index in [9.17, 15) is 13.2 Å². The van der Waals surface area contributed by atoms with Crippen LogP contribution in [0.5, 0.6) is 5.75 Å². The molecule has 3 fully saturated rings. The average molecular weight is 549 g/mol. The van der Waals surface area contributed by atoms with Crippen LogP contribution in [0.4, 0.5) is 0 Å². The summed E-state index contributed by atoms with van der Waals surface area (Å²) in [6.07, 6.45) is 9.81. The first-order valence-electron chi connectivity index (χ1n) is 14.5. The number of methoxy groups -OCH3 is 1. The summed E-state index contributed by atoms with van der Waals surface area (Å²) in [5, 5.41) is 3.17. The van der Waals surface area contributed by atoms with Gasteiger partial charge in [0.05, 0.1) is 12.0 Å². The molecule has 0 bridgehead atoms. The second kappa shape index (κ2) is 13.1. The Morgan fingerprint density at radius 3 is 2.18 bits per heavy atom. The van der Waals surface area contributed by atoms with Crippen molar-refractivity contribution in [3.8, 4) is 5.75 Å². The molecule has 9 heteroatoms. The first-order chi connectivity index (χ1) is 18.2. The van der Waals surface area contributed by atoms with Crippen LogP contribution in [0.2, 0.25) is 0 Å². The number of piperidine rings is 1. The molecular formula is C29H48N4O4S. The zero-order valence-electron chi connectivity index (χ0n) is 23.9. The predicted octanol–water partition coefficient (Wildman–Crippen LogP) is 3.56. The van der Waals surface area contributed by atoms with Crippen molar-refractivity contribution >= 4 is 15.9 Å². The van der Waals surface area contributed by atoms with Gasteiger partial charge in [0.1, 0.15) is 5.75 Å². The zero-order valence-corrected chi connectivity index (χ0v) is 24.7. The lowest BCUT2D eigenvalue weighted by molar-refractivity contribution is -0.122. The molecule has 1 N–H and O–H groups in total. The first-order valence-corrected chi connectivity index (χ1v) is 16.0. The number of sulfonamides is 1. The SMILES string of the molecule is COc1cc(C)c(S(=O)(=O)N(C)CCC(=O)N[C@H]2CC[C@@H](N3CCC(CN4CCCC4)CC3)CC2)c(C)c1. The Hall–Kier alpha value is -1.68. The quantitative estimate of drug-likeness (QED) is 0.482. The Morgan fingerprint density at radius 1 is 1.00 bits per heavy atom. The summed E-state index contributed by atoms with van der Waals surface area (Å²) in [5.41, 5.74) is 1.29. The summed E-state index contributed by atoms with van der Waals surface area (Å²) in [4.78, 5) is 18.3. The molecule has 214 valence electrons. The molecule has 8 nitrogen and oxygen atoms in total. The van der Waals surface area contributed by atoms with Gasteiger partial charge in [-0.15, -0.1) is 0 Å². The van der Waals surface area contributed by atoms with Crippen LogP contribution in [-0.2, 0) is 14.8 Å². The number of hydrogen-bond acceptors (Lipinski definition) is 6. The van der Waals surface area contributed by atoms with Crippen molar-refractivity contribution in [2.24, 2.45) is 5.92 Å². The highest BCUT2D eigenvalue weighted by Crippen LogP contribution is 2.29. The summed E-state index contributed by atoms with van der Waals surface area (Å²) >= 11 is 0. The fraction of sp³-hybridized carbons (Fsp3) is 0.759. The molecule has 0 aromatic heterocycles. The molecule has 1 aliphatic carbocycles. The van der Waals surface area contributed by atoms with Gasteiger partial charge in [-0.2, -0.15) is 0 Å². The third-order valence-electron chi connectivity index (χ3n) is 8.93. The van der Waals surface area contributed by atoms with Gasteiger partial charge in [0.15, 0.2) is 0 Å². The standard InChI is InChI=1S/C29H48N4O4S/c1-22-19-27(37-4)20-23(2)29(22)38(35,36)31(3)16-13-28(34)30-25-7-9-26(10-8-25)33-17-11-24(12-18-33)21-32-14-5-6-15-32/h19-20,24-26H,5-18,21H2,1-4H3,(H,30,34)/t25-,26+. The largest absolute Gasteiger partial charge is 0.497 e. The van der Waals surface area contributed by atoms with Gasteiger partial charge in [-0.25, -0.2) is 12.7 Å². The molecule has 2 saturated heterocycles. The number of carbonyl (C=O) groups is 1. The van der Waals surface area contributed by atoms with Crippen LogP contribution in [0, 0.1) is 19.8 Å². The molecule has 0 radical (unpaired) electrons. The van der Waals surface area contributed by atoms with Crippen molar-refractivity contribution in [3.63, 3.8) is 0 Å². The molecule has 0 spiro atoms. The maximum atomic E-state index is 13.2. The van der Waals surface area contributed by atoms with E-state index in [2.05, 4.69) is 15.1 Å². The Bertz CT molecular complexity index is 1020. The summed E-state index contributed by atoms with van der Waals surface area (Å²) in [6.45, 7) is 10.0. The van der Waals surface area contributed by atoms with Crippen molar-refractivity contribution in [1.82, 2.24) is 19.4 Å². The molecule has 1 aromatic carbocycles. The minimum Gasteiger partial charge on any atom is -0.497 e. The third kappa shape index (κ3) is 7.29. The van der Waals surface area contributed by atoms with Gasteiger partial charge < -0.3 is 19.9 Å². The number of carbonyl (C=O) groups excluding carboxylic acids is 1. The number of nitrogens with one attached hydrogen (secondary N) is 1. The smallest absolute Gasteiger partial charge is 0.243 e. The van der Waals surface area contributed by atoms with Crippen LogP contribution in [-0.4, -0.2) is 93.9 Å². The summed E-state index contributed by atoms with van der Waals surface area (Å²) < 4.78 is 33.0. The number of ether oxygens (including phenoxy) is 1. The fourth-order valence-corrected chi connectivity index (χ4v) is 8.26. The Kier molecular flexibility index (Phi) is 10.1. The van der Waals surface area contributed by atoms with E-state index < -0.39 is 10.0 Å². The summed E-state index contributed by atoms with van der Waals surface area (Å²) in [6, 6.07) is 4.30. The highest BCUT2D eigenvalue weighted by atomic mass is 32.2. The predicted molar refractivity (Wildman–Crippen MR) is 151 cm³/mol. The fourth-order valence-electron chi connectivity index (χ4n) is 6.69. The molecule has 0 atom stereocenters. The Balaban J connectivity index is 1.17. The summed E-state index contributed by atoms with van der Waals surface area (Å²) in [7, 11) is -0.580. The van der Waals surface area contributed by atoms with Crippen molar-refractivity contribution in [2.45, 2.75) is 88.6 Å². The summed E-state index contributed by atoms with van der Waals surface area (Å²) in [5.74, 6) is 1.43. The molecule has 38 heavy (non-hydrogen) atoms. The molecular weight excluding hydrogens is 500 g/mol. The van der Waals surface area contributed by atoms with Crippen LogP contribution < -0.4 is 10.1 Å². The first kappa shape index (κ1) is 29.3. The van der Waals surface area contributed by atoms with Crippen molar-refractivity contribution in [2.75, 3.05) is 53.4 Å². The normalized spacial score (nSPS) is 24.1. The zero-order chi connectivity index (χ0) is 27.3. The van der Waals surface area contributed by atoms with Crippen molar-refractivity contribution < 1.29 is 17.9 Å². The number of hydrogen-bond donors (Lipinski definition) is 1. The van der Waals surface area contributed by atoms with Crippen LogP contribution in [0.25, 0.3) is 0 Å².